The molecule has 0 fully saturated rings. The molecule has 2 aromatic carbocycles. The molecular formula is C19H25N. The van der Waals surface area contributed by atoms with Gasteiger partial charge in [-0.25, -0.2) is 0 Å². The molecule has 0 aromatic heterocycles. The van der Waals surface area contributed by atoms with Crippen LogP contribution in [-0.4, -0.2) is 6.54 Å². The average molecular weight is 267 g/mol. The minimum atomic E-state index is 0.391. The second kappa shape index (κ2) is 6.71. The quantitative estimate of drug-likeness (QED) is 0.840. The highest BCUT2D eigenvalue weighted by molar-refractivity contribution is 5.34. The standard InChI is InChI=1S/C19H25N/c1-5-20-19(13-17-8-6-7-14(2)12-17)18-10-9-15(3)11-16(18)4/h6-12,19-20H,5,13H2,1-4H3. The Kier molecular flexibility index (Phi) is 4.97. The van der Waals surface area contributed by atoms with Crippen LogP contribution in [0.1, 0.15) is 40.8 Å². The van der Waals surface area contributed by atoms with Crippen molar-refractivity contribution < 1.29 is 0 Å². The van der Waals surface area contributed by atoms with Crippen LogP contribution in [0.25, 0.3) is 0 Å². The summed E-state index contributed by atoms with van der Waals surface area (Å²) >= 11 is 0. The molecule has 0 bridgehead atoms. The summed E-state index contributed by atoms with van der Waals surface area (Å²) in [6, 6.07) is 16.0. The summed E-state index contributed by atoms with van der Waals surface area (Å²) in [7, 11) is 0. The molecule has 1 heteroatoms. The lowest BCUT2D eigenvalue weighted by Gasteiger charge is -2.21. The van der Waals surface area contributed by atoms with E-state index in [1.165, 1.54) is 27.8 Å². The van der Waals surface area contributed by atoms with Gasteiger partial charge in [0.05, 0.1) is 0 Å². The van der Waals surface area contributed by atoms with Crippen LogP contribution in [0.5, 0.6) is 0 Å². The Balaban J connectivity index is 2.26. The van der Waals surface area contributed by atoms with Gasteiger partial charge in [-0.3, -0.25) is 0 Å². The minimum Gasteiger partial charge on any atom is -0.310 e. The van der Waals surface area contributed by atoms with Crippen LogP contribution < -0.4 is 5.32 Å². The number of benzene rings is 2. The molecule has 0 aliphatic heterocycles. The number of hydrogen-bond donors (Lipinski definition) is 1. The Morgan fingerprint density at radius 3 is 2.35 bits per heavy atom. The third-order valence-corrected chi connectivity index (χ3v) is 3.77. The van der Waals surface area contributed by atoms with Crippen molar-refractivity contribution in [3.63, 3.8) is 0 Å². The summed E-state index contributed by atoms with van der Waals surface area (Å²) in [5.74, 6) is 0. The molecule has 0 heterocycles. The van der Waals surface area contributed by atoms with Gasteiger partial charge in [0.25, 0.3) is 0 Å². The van der Waals surface area contributed by atoms with Gasteiger partial charge in [0, 0.05) is 6.04 Å². The molecule has 20 heavy (non-hydrogen) atoms. The van der Waals surface area contributed by atoms with Gasteiger partial charge in [-0.1, -0.05) is 60.5 Å². The maximum Gasteiger partial charge on any atom is 0.0363 e. The summed E-state index contributed by atoms with van der Waals surface area (Å²) < 4.78 is 0. The fourth-order valence-electron chi connectivity index (χ4n) is 2.83. The largest absolute Gasteiger partial charge is 0.310 e. The molecule has 0 amide bonds. The lowest BCUT2D eigenvalue weighted by molar-refractivity contribution is 0.547. The molecule has 2 aromatic rings. The zero-order valence-electron chi connectivity index (χ0n) is 13.0. The van der Waals surface area contributed by atoms with Crippen LogP contribution in [0.3, 0.4) is 0 Å². The van der Waals surface area contributed by atoms with E-state index in [1.54, 1.807) is 0 Å². The van der Waals surface area contributed by atoms with E-state index in [0.29, 0.717) is 6.04 Å². The summed E-state index contributed by atoms with van der Waals surface area (Å²) in [5.41, 5.74) is 6.86. The lowest BCUT2D eigenvalue weighted by Crippen LogP contribution is -2.23. The van der Waals surface area contributed by atoms with Crippen LogP contribution in [0.2, 0.25) is 0 Å². The average Bonchev–Trinajstić information content (AvgIpc) is 2.38. The van der Waals surface area contributed by atoms with E-state index >= 15 is 0 Å². The third-order valence-electron chi connectivity index (χ3n) is 3.77. The first-order valence-electron chi connectivity index (χ1n) is 7.46. The molecule has 1 N–H and O–H groups in total. The molecule has 0 saturated carbocycles. The van der Waals surface area contributed by atoms with Gasteiger partial charge in [0.1, 0.15) is 0 Å². The van der Waals surface area contributed by atoms with E-state index in [2.05, 4.69) is 75.5 Å². The van der Waals surface area contributed by atoms with Crippen molar-refractivity contribution in [2.75, 3.05) is 6.54 Å². The monoisotopic (exact) mass is 267 g/mol. The van der Waals surface area contributed by atoms with Crippen LogP contribution in [-0.2, 0) is 6.42 Å². The topological polar surface area (TPSA) is 12.0 Å². The Labute approximate surface area is 123 Å². The van der Waals surface area contributed by atoms with Crippen molar-refractivity contribution in [1.82, 2.24) is 5.32 Å². The van der Waals surface area contributed by atoms with Crippen LogP contribution in [0.15, 0.2) is 42.5 Å². The first-order chi connectivity index (χ1) is 9.60. The SMILES string of the molecule is CCNC(Cc1cccc(C)c1)c1ccc(C)cc1C. The number of rotatable bonds is 5. The molecule has 0 aliphatic carbocycles. The zero-order chi connectivity index (χ0) is 14.5. The third kappa shape index (κ3) is 3.71. The second-order valence-electron chi connectivity index (χ2n) is 5.66. The highest BCUT2D eigenvalue weighted by Gasteiger charge is 2.13. The number of nitrogens with one attached hydrogen (secondary N) is 1. The molecule has 0 radical (unpaired) electrons. The van der Waals surface area contributed by atoms with Crippen molar-refractivity contribution >= 4 is 0 Å². The molecule has 0 aliphatic rings. The summed E-state index contributed by atoms with van der Waals surface area (Å²) in [6.45, 7) is 9.68. The maximum atomic E-state index is 3.63. The Morgan fingerprint density at radius 1 is 0.950 bits per heavy atom. The summed E-state index contributed by atoms with van der Waals surface area (Å²) in [6.07, 6.45) is 1.04. The number of likely N-dealkylation sites (N-methyl/N-ethyl adjacent to an activating group) is 1. The molecule has 1 atom stereocenters. The van der Waals surface area contributed by atoms with Gasteiger partial charge >= 0.3 is 0 Å². The van der Waals surface area contributed by atoms with Crippen molar-refractivity contribution in [3.8, 4) is 0 Å². The van der Waals surface area contributed by atoms with Crippen LogP contribution >= 0.6 is 0 Å². The Hall–Kier alpha value is -1.60. The summed E-state index contributed by atoms with van der Waals surface area (Å²) in [4.78, 5) is 0. The highest BCUT2D eigenvalue weighted by atomic mass is 14.9. The smallest absolute Gasteiger partial charge is 0.0363 e. The molecule has 106 valence electrons. The molecule has 2 rings (SSSR count). The van der Waals surface area contributed by atoms with Crippen molar-refractivity contribution in [2.24, 2.45) is 0 Å². The normalized spacial score (nSPS) is 12.4. The fraction of sp³-hybridized carbons (Fsp3) is 0.368. The van der Waals surface area contributed by atoms with E-state index in [4.69, 9.17) is 0 Å². The van der Waals surface area contributed by atoms with E-state index in [1.807, 2.05) is 0 Å². The molecule has 1 nitrogen and oxygen atoms in total. The van der Waals surface area contributed by atoms with E-state index in [-0.39, 0.29) is 0 Å². The first kappa shape index (κ1) is 14.8. The fourth-order valence-corrected chi connectivity index (χ4v) is 2.83. The van der Waals surface area contributed by atoms with Gasteiger partial charge in [0.2, 0.25) is 0 Å². The van der Waals surface area contributed by atoms with Gasteiger partial charge < -0.3 is 5.32 Å². The van der Waals surface area contributed by atoms with E-state index < -0.39 is 0 Å². The van der Waals surface area contributed by atoms with Gasteiger partial charge in [-0.2, -0.15) is 0 Å². The summed E-state index contributed by atoms with van der Waals surface area (Å²) in [5, 5.41) is 3.63. The van der Waals surface area contributed by atoms with Crippen molar-refractivity contribution in [1.29, 1.82) is 0 Å². The minimum absolute atomic E-state index is 0.391. The molecule has 0 spiro atoms. The van der Waals surface area contributed by atoms with Crippen molar-refractivity contribution in [3.05, 3.63) is 70.3 Å². The van der Waals surface area contributed by atoms with E-state index in [9.17, 15) is 0 Å². The molecule has 0 saturated heterocycles. The highest BCUT2D eigenvalue weighted by Crippen LogP contribution is 2.23. The number of aryl methyl sites for hydroxylation is 3. The van der Waals surface area contributed by atoms with Crippen LogP contribution in [0.4, 0.5) is 0 Å². The molecule has 1 unspecified atom stereocenters. The molecular weight excluding hydrogens is 242 g/mol. The van der Waals surface area contributed by atoms with Gasteiger partial charge in [-0.15, -0.1) is 0 Å². The number of hydrogen-bond acceptors (Lipinski definition) is 1. The lowest BCUT2D eigenvalue weighted by atomic mass is 9.93. The Morgan fingerprint density at radius 2 is 1.70 bits per heavy atom. The first-order valence-corrected chi connectivity index (χ1v) is 7.46. The van der Waals surface area contributed by atoms with Gasteiger partial charge in [-0.05, 0) is 50.4 Å². The van der Waals surface area contributed by atoms with Crippen molar-refractivity contribution in [2.45, 2.75) is 40.2 Å². The van der Waals surface area contributed by atoms with Crippen LogP contribution in [0, 0.1) is 20.8 Å². The maximum absolute atomic E-state index is 3.63. The Bertz CT molecular complexity index is 572. The van der Waals surface area contributed by atoms with E-state index in [0.717, 1.165) is 13.0 Å². The predicted molar refractivity (Wildman–Crippen MR) is 87.2 cm³/mol. The zero-order valence-corrected chi connectivity index (χ0v) is 13.0. The predicted octanol–water partition coefficient (Wildman–Crippen LogP) is 4.51. The van der Waals surface area contributed by atoms with Gasteiger partial charge in [0.15, 0.2) is 0 Å². The second-order valence-corrected chi connectivity index (χ2v) is 5.66.